The van der Waals surface area contributed by atoms with Gasteiger partial charge in [0.15, 0.2) is 0 Å². The van der Waals surface area contributed by atoms with Gasteiger partial charge in [-0.3, -0.25) is 0 Å². The molecule has 0 aromatic rings. The Morgan fingerprint density at radius 2 is 1.71 bits per heavy atom. The largest absolute Gasteiger partial charge is 0.390 e. The first-order valence-electron chi connectivity index (χ1n) is 4.03. The average molecular weight is 255 g/mol. The Labute approximate surface area is 93.6 Å². The highest BCUT2D eigenvalue weighted by molar-refractivity contribution is 5.85. The summed E-state index contributed by atoms with van der Waals surface area (Å²) in [5.41, 5.74) is 5.46. The van der Waals surface area contributed by atoms with E-state index in [1.54, 1.807) is 0 Å². The van der Waals surface area contributed by atoms with Gasteiger partial charge in [-0.05, 0) is 12.8 Å². The minimum Gasteiger partial charge on any atom is -0.328 e. The summed E-state index contributed by atoms with van der Waals surface area (Å²) in [7, 11) is 0. The van der Waals surface area contributed by atoms with E-state index in [1.807, 2.05) is 0 Å². The molecule has 0 radical (unpaired) electrons. The first kappa shape index (κ1) is 16.7. The maximum atomic E-state index is 11.6. The molecular formula is C7H15Cl2F3N2. The Balaban J connectivity index is 0. The van der Waals surface area contributed by atoms with E-state index in [-0.39, 0.29) is 43.4 Å². The number of nitrogens with two attached hydrogens (primary N) is 1. The van der Waals surface area contributed by atoms with Crippen molar-refractivity contribution in [2.75, 3.05) is 6.54 Å². The molecule has 7 heteroatoms. The van der Waals surface area contributed by atoms with Gasteiger partial charge in [-0.15, -0.1) is 24.8 Å². The van der Waals surface area contributed by atoms with Crippen molar-refractivity contribution in [1.29, 1.82) is 0 Å². The zero-order valence-electron chi connectivity index (χ0n) is 7.51. The molecule has 1 aliphatic carbocycles. The zero-order valence-corrected chi connectivity index (χ0v) is 9.14. The van der Waals surface area contributed by atoms with Crippen LogP contribution in [-0.4, -0.2) is 24.8 Å². The van der Waals surface area contributed by atoms with Crippen molar-refractivity contribution in [3.05, 3.63) is 0 Å². The summed E-state index contributed by atoms with van der Waals surface area (Å²) in [5.74, 6) is 0. The van der Waals surface area contributed by atoms with Crippen LogP contribution in [0.2, 0.25) is 0 Å². The van der Waals surface area contributed by atoms with Crippen LogP contribution in [0.5, 0.6) is 0 Å². The van der Waals surface area contributed by atoms with Crippen LogP contribution in [0.4, 0.5) is 13.2 Å². The van der Waals surface area contributed by atoms with Crippen LogP contribution >= 0.6 is 24.8 Å². The van der Waals surface area contributed by atoms with Crippen molar-refractivity contribution >= 4 is 24.8 Å². The van der Waals surface area contributed by atoms with Crippen molar-refractivity contribution in [2.45, 2.75) is 37.5 Å². The Bertz CT molecular complexity index is 148. The van der Waals surface area contributed by atoms with E-state index in [1.165, 1.54) is 0 Å². The molecule has 1 rings (SSSR count). The molecule has 0 unspecified atom stereocenters. The van der Waals surface area contributed by atoms with E-state index in [0.717, 1.165) is 12.8 Å². The summed E-state index contributed by atoms with van der Waals surface area (Å²) >= 11 is 0. The van der Waals surface area contributed by atoms with Gasteiger partial charge in [0.2, 0.25) is 0 Å². The standard InChI is InChI=1S/C7H13F3N2.2ClH/c8-7(9,10)1-2-12-6-3-5(11)4-6;;/h5-6,12H,1-4,11H2;2*1H. The van der Waals surface area contributed by atoms with E-state index in [2.05, 4.69) is 5.32 Å². The lowest BCUT2D eigenvalue weighted by Crippen LogP contribution is -2.49. The van der Waals surface area contributed by atoms with Crippen LogP contribution < -0.4 is 11.1 Å². The second kappa shape index (κ2) is 6.71. The summed E-state index contributed by atoms with van der Waals surface area (Å²) in [4.78, 5) is 0. The summed E-state index contributed by atoms with van der Waals surface area (Å²) in [6, 6.07) is 0.399. The Morgan fingerprint density at radius 3 is 2.07 bits per heavy atom. The van der Waals surface area contributed by atoms with Gasteiger partial charge >= 0.3 is 6.18 Å². The Morgan fingerprint density at radius 1 is 1.21 bits per heavy atom. The van der Waals surface area contributed by atoms with Crippen molar-refractivity contribution in [3.63, 3.8) is 0 Å². The van der Waals surface area contributed by atoms with Crippen molar-refractivity contribution in [3.8, 4) is 0 Å². The predicted molar refractivity (Wildman–Crippen MR) is 54.2 cm³/mol. The van der Waals surface area contributed by atoms with Gasteiger partial charge in [0.05, 0.1) is 6.42 Å². The fraction of sp³-hybridized carbons (Fsp3) is 1.00. The van der Waals surface area contributed by atoms with E-state index in [9.17, 15) is 13.2 Å². The minimum atomic E-state index is -4.04. The molecule has 14 heavy (non-hydrogen) atoms. The number of alkyl halides is 3. The second-order valence-corrected chi connectivity index (χ2v) is 3.25. The molecule has 0 saturated heterocycles. The number of hydrogen-bond acceptors (Lipinski definition) is 2. The molecule has 0 aromatic carbocycles. The molecule has 0 aliphatic heterocycles. The Hall–Kier alpha value is 0.290. The molecule has 3 N–H and O–H groups in total. The third kappa shape index (κ3) is 6.70. The third-order valence-electron chi connectivity index (χ3n) is 2.02. The number of halogens is 5. The minimum absolute atomic E-state index is 0. The fourth-order valence-corrected chi connectivity index (χ4v) is 1.25. The van der Waals surface area contributed by atoms with Crippen LogP contribution in [0.1, 0.15) is 19.3 Å². The topological polar surface area (TPSA) is 38.0 Å². The fourth-order valence-electron chi connectivity index (χ4n) is 1.25. The molecule has 2 nitrogen and oxygen atoms in total. The van der Waals surface area contributed by atoms with E-state index < -0.39 is 12.6 Å². The first-order chi connectivity index (χ1) is 5.47. The lowest BCUT2D eigenvalue weighted by atomic mass is 9.88. The predicted octanol–water partition coefficient (Wildman–Crippen LogP) is 1.86. The molecule has 0 amide bonds. The summed E-state index contributed by atoms with van der Waals surface area (Å²) < 4.78 is 34.9. The molecule has 0 heterocycles. The lowest BCUT2D eigenvalue weighted by molar-refractivity contribution is -0.133. The number of hydrogen-bond donors (Lipinski definition) is 2. The Kier molecular flexibility index (Phi) is 8.01. The van der Waals surface area contributed by atoms with Crippen LogP contribution in [0, 0.1) is 0 Å². The molecule has 1 saturated carbocycles. The maximum Gasteiger partial charge on any atom is 0.390 e. The number of nitrogens with one attached hydrogen (secondary N) is 1. The highest BCUT2D eigenvalue weighted by Gasteiger charge is 2.29. The smallest absolute Gasteiger partial charge is 0.328 e. The van der Waals surface area contributed by atoms with Gasteiger partial charge in [-0.1, -0.05) is 0 Å². The normalized spacial score (nSPS) is 25.7. The highest BCUT2D eigenvalue weighted by atomic mass is 35.5. The van der Waals surface area contributed by atoms with E-state index in [4.69, 9.17) is 5.73 Å². The first-order valence-corrected chi connectivity index (χ1v) is 4.03. The average Bonchev–Trinajstić information content (AvgIpc) is 1.81. The van der Waals surface area contributed by atoms with Gasteiger partial charge in [-0.25, -0.2) is 0 Å². The van der Waals surface area contributed by atoms with E-state index >= 15 is 0 Å². The SMILES string of the molecule is Cl.Cl.NC1CC(NCCC(F)(F)F)C1. The zero-order chi connectivity index (χ0) is 9.19. The van der Waals surface area contributed by atoms with Gasteiger partial charge < -0.3 is 11.1 Å². The molecule has 88 valence electrons. The highest BCUT2D eigenvalue weighted by Crippen LogP contribution is 2.20. The number of rotatable bonds is 3. The second-order valence-electron chi connectivity index (χ2n) is 3.25. The van der Waals surface area contributed by atoms with E-state index in [0.29, 0.717) is 0 Å². The van der Waals surface area contributed by atoms with Crippen LogP contribution in [0.3, 0.4) is 0 Å². The molecule has 0 bridgehead atoms. The maximum absolute atomic E-state index is 11.6. The molecular weight excluding hydrogens is 240 g/mol. The summed E-state index contributed by atoms with van der Waals surface area (Å²) in [6.07, 6.45) is -3.19. The molecule has 1 aliphatic rings. The van der Waals surface area contributed by atoms with Crippen LogP contribution in [0.15, 0.2) is 0 Å². The van der Waals surface area contributed by atoms with Gasteiger partial charge in [-0.2, -0.15) is 13.2 Å². The van der Waals surface area contributed by atoms with Gasteiger partial charge in [0.1, 0.15) is 0 Å². The molecule has 0 spiro atoms. The van der Waals surface area contributed by atoms with Gasteiger partial charge in [0.25, 0.3) is 0 Å². The summed E-state index contributed by atoms with van der Waals surface area (Å²) in [5, 5.41) is 2.81. The van der Waals surface area contributed by atoms with Gasteiger partial charge in [0, 0.05) is 18.6 Å². The molecule has 0 atom stereocenters. The molecule has 0 aromatic heterocycles. The van der Waals surface area contributed by atoms with Crippen LogP contribution in [-0.2, 0) is 0 Å². The third-order valence-corrected chi connectivity index (χ3v) is 2.02. The lowest BCUT2D eigenvalue weighted by Gasteiger charge is -2.33. The molecule has 1 fully saturated rings. The van der Waals surface area contributed by atoms with Crippen molar-refractivity contribution in [2.24, 2.45) is 5.73 Å². The van der Waals surface area contributed by atoms with Crippen LogP contribution in [0.25, 0.3) is 0 Å². The summed E-state index contributed by atoms with van der Waals surface area (Å²) in [6.45, 7) is 0.0148. The van der Waals surface area contributed by atoms with Crippen molar-refractivity contribution in [1.82, 2.24) is 5.32 Å². The monoisotopic (exact) mass is 254 g/mol. The quantitative estimate of drug-likeness (QED) is 0.807. The van der Waals surface area contributed by atoms with Crippen molar-refractivity contribution < 1.29 is 13.2 Å².